The number of ether oxygens (including phenoxy) is 1. The van der Waals surface area contributed by atoms with Gasteiger partial charge >= 0.3 is 0 Å². The van der Waals surface area contributed by atoms with Gasteiger partial charge in [-0.1, -0.05) is 48.5 Å². The number of benzene rings is 2. The number of fused-ring (bicyclic) bond motifs is 1. The first-order chi connectivity index (χ1) is 13.3. The third-order valence-corrected chi connectivity index (χ3v) is 6.58. The summed E-state index contributed by atoms with van der Waals surface area (Å²) < 4.78 is 7.54. The maximum Gasteiger partial charge on any atom is 0.0776 e. The summed E-state index contributed by atoms with van der Waals surface area (Å²) in [5, 5.41) is 4.86. The largest absolute Gasteiger partial charge is 0.375 e. The average Bonchev–Trinajstić information content (AvgIpc) is 3.13. The van der Waals surface area contributed by atoms with Crippen LogP contribution in [0.5, 0.6) is 0 Å². The predicted octanol–water partition coefficient (Wildman–Crippen LogP) is 4.50. The average molecular weight is 381 g/mol. The second kappa shape index (κ2) is 8.98. The molecule has 4 rings (SSSR count). The first-order valence-electron chi connectivity index (χ1n) is 9.83. The summed E-state index contributed by atoms with van der Waals surface area (Å²) in [6.07, 6.45) is 1.37. The second-order valence-electron chi connectivity index (χ2n) is 7.42. The fourth-order valence-electron chi connectivity index (χ4n) is 3.87. The predicted molar refractivity (Wildman–Crippen MR) is 115 cm³/mol. The lowest BCUT2D eigenvalue weighted by atomic mass is 9.95. The van der Waals surface area contributed by atoms with Crippen molar-refractivity contribution < 1.29 is 4.74 Å². The summed E-state index contributed by atoms with van der Waals surface area (Å²) >= 11 is 1.93. The maximum absolute atomic E-state index is 6.17. The quantitative estimate of drug-likeness (QED) is 0.653. The topological polar surface area (TPSA) is 24.5 Å². The van der Waals surface area contributed by atoms with Crippen molar-refractivity contribution in [1.82, 2.24) is 10.2 Å². The highest BCUT2D eigenvalue weighted by Gasteiger charge is 2.27. The Morgan fingerprint density at radius 1 is 1.15 bits per heavy atom. The van der Waals surface area contributed by atoms with Crippen LogP contribution in [0.4, 0.5) is 0 Å². The number of morpholine rings is 1. The monoisotopic (exact) mass is 380 g/mol. The first-order valence-corrected chi connectivity index (χ1v) is 10.6. The van der Waals surface area contributed by atoms with Gasteiger partial charge in [0.1, 0.15) is 0 Å². The highest BCUT2D eigenvalue weighted by molar-refractivity contribution is 7.19. The molecule has 1 aliphatic heterocycles. The SMILES string of the molecule is CN(CCC(c1cc2ccccc2s1)C1CNCCO1)Cc1ccccc1. The molecule has 2 atom stereocenters. The van der Waals surface area contributed by atoms with Gasteiger partial charge < -0.3 is 15.0 Å². The Hall–Kier alpha value is -1.72. The van der Waals surface area contributed by atoms with Crippen molar-refractivity contribution in [3.05, 3.63) is 71.1 Å². The van der Waals surface area contributed by atoms with Crippen molar-refractivity contribution in [1.29, 1.82) is 0 Å². The van der Waals surface area contributed by atoms with Crippen molar-refractivity contribution in [3.63, 3.8) is 0 Å². The molecular formula is C23H28N2OS. The summed E-state index contributed by atoms with van der Waals surface area (Å²) in [6, 6.07) is 21.8. The second-order valence-corrected chi connectivity index (χ2v) is 8.53. The molecule has 4 heteroatoms. The van der Waals surface area contributed by atoms with Crippen LogP contribution in [0.15, 0.2) is 60.7 Å². The Morgan fingerprint density at radius 3 is 2.74 bits per heavy atom. The number of nitrogens with zero attached hydrogens (tertiary/aromatic N) is 1. The molecule has 2 heterocycles. The van der Waals surface area contributed by atoms with E-state index < -0.39 is 0 Å². The van der Waals surface area contributed by atoms with Crippen molar-refractivity contribution >= 4 is 21.4 Å². The van der Waals surface area contributed by atoms with E-state index in [0.717, 1.165) is 39.2 Å². The molecule has 0 radical (unpaired) electrons. The molecule has 1 aromatic heterocycles. The van der Waals surface area contributed by atoms with Gasteiger partial charge in [0.05, 0.1) is 12.7 Å². The van der Waals surface area contributed by atoms with Crippen LogP contribution in [0.3, 0.4) is 0 Å². The number of hydrogen-bond donors (Lipinski definition) is 1. The molecule has 27 heavy (non-hydrogen) atoms. The zero-order chi connectivity index (χ0) is 18.5. The number of rotatable bonds is 7. The van der Waals surface area contributed by atoms with Gasteiger partial charge in [0, 0.05) is 35.1 Å². The Labute approximate surface area is 166 Å². The van der Waals surface area contributed by atoms with Crippen molar-refractivity contribution in [2.45, 2.75) is 25.0 Å². The minimum absolute atomic E-state index is 0.261. The van der Waals surface area contributed by atoms with Crippen molar-refractivity contribution in [3.8, 4) is 0 Å². The van der Waals surface area contributed by atoms with Crippen molar-refractivity contribution in [2.75, 3.05) is 33.3 Å². The molecule has 0 bridgehead atoms. The van der Waals surface area contributed by atoms with E-state index in [1.807, 2.05) is 11.3 Å². The van der Waals surface area contributed by atoms with Gasteiger partial charge in [-0.3, -0.25) is 0 Å². The molecule has 1 fully saturated rings. The third-order valence-electron chi connectivity index (χ3n) is 5.33. The molecule has 3 nitrogen and oxygen atoms in total. The molecule has 1 N–H and O–H groups in total. The van der Waals surface area contributed by atoms with Gasteiger partial charge in [-0.15, -0.1) is 11.3 Å². The lowest BCUT2D eigenvalue weighted by Gasteiger charge is -2.31. The van der Waals surface area contributed by atoms with Crippen LogP contribution in [0.25, 0.3) is 10.1 Å². The van der Waals surface area contributed by atoms with E-state index in [4.69, 9.17) is 4.74 Å². The number of hydrogen-bond acceptors (Lipinski definition) is 4. The molecule has 2 aromatic carbocycles. The van der Waals surface area contributed by atoms with Crippen LogP contribution in [0, 0.1) is 0 Å². The van der Waals surface area contributed by atoms with E-state index in [1.54, 1.807) is 0 Å². The fourth-order valence-corrected chi connectivity index (χ4v) is 5.13. The van der Waals surface area contributed by atoms with E-state index in [9.17, 15) is 0 Å². The summed E-state index contributed by atoms with van der Waals surface area (Å²) in [5.74, 6) is 0.438. The number of nitrogens with one attached hydrogen (secondary N) is 1. The molecule has 0 spiro atoms. The van der Waals surface area contributed by atoms with E-state index >= 15 is 0 Å². The normalized spacial score (nSPS) is 18.8. The number of thiophene rings is 1. The molecule has 3 aromatic rings. The van der Waals surface area contributed by atoms with Gasteiger partial charge in [-0.05, 0) is 43.1 Å². The molecular weight excluding hydrogens is 352 g/mol. The zero-order valence-corrected chi connectivity index (χ0v) is 16.8. The molecule has 1 saturated heterocycles. The first kappa shape index (κ1) is 18.6. The Kier molecular flexibility index (Phi) is 6.20. The molecule has 0 saturated carbocycles. The van der Waals surface area contributed by atoms with E-state index in [-0.39, 0.29) is 6.10 Å². The van der Waals surface area contributed by atoms with Crippen LogP contribution in [0.1, 0.15) is 22.8 Å². The highest BCUT2D eigenvalue weighted by atomic mass is 32.1. The van der Waals surface area contributed by atoms with Crippen LogP contribution in [-0.4, -0.2) is 44.3 Å². The van der Waals surface area contributed by atoms with Crippen LogP contribution < -0.4 is 5.32 Å². The van der Waals surface area contributed by atoms with Gasteiger partial charge in [0.25, 0.3) is 0 Å². The van der Waals surface area contributed by atoms with Crippen molar-refractivity contribution in [2.24, 2.45) is 0 Å². The van der Waals surface area contributed by atoms with E-state index in [0.29, 0.717) is 5.92 Å². The lowest BCUT2D eigenvalue weighted by Crippen LogP contribution is -2.42. The summed E-state index contributed by atoms with van der Waals surface area (Å²) in [5.41, 5.74) is 1.37. The molecule has 0 aliphatic carbocycles. The molecule has 142 valence electrons. The summed E-state index contributed by atoms with van der Waals surface area (Å²) in [4.78, 5) is 3.88. The zero-order valence-electron chi connectivity index (χ0n) is 15.9. The smallest absolute Gasteiger partial charge is 0.0776 e. The van der Waals surface area contributed by atoms with Gasteiger partial charge in [-0.2, -0.15) is 0 Å². The minimum atomic E-state index is 0.261. The molecule has 1 aliphatic rings. The van der Waals surface area contributed by atoms with Gasteiger partial charge in [0.2, 0.25) is 0 Å². The Morgan fingerprint density at radius 2 is 1.96 bits per heavy atom. The molecule has 0 amide bonds. The van der Waals surface area contributed by atoms with Gasteiger partial charge in [0.15, 0.2) is 0 Å². The summed E-state index contributed by atoms with van der Waals surface area (Å²) in [6.45, 7) is 4.77. The lowest BCUT2D eigenvalue weighted by molar-refractivity contribution is 0.00838. The standard InChI is InChI=1S/C23H28N2OS/c1-25(17-18-7-3-2-4-8-18)13-11-20(21-16-24-12-14-26-21)23-15-19-9-5-6-10-22(19)27-23/h2-10,15,20-21,24H,11-14,16-17H2,1H3. The van der Waals surface area contributed by atoms with Gasteiger partial charge in [-0.25, -0.2) is 0 Å². The fraction of sp³-hybridized carbons (Fsp3) is 0.391. The van der Waals surface area contributed by atoms with E-state index in [2.05, 4.69) is 77.9 Å². The van der Waals surface area contributed by atoms with Crippen LogP contribution in [0.2, 0.25) is 0 Å². The highest BCUT2D eigenvalue weighted by Crippen LogP contribution is 2.36. The third kappa shape index (κ3) is 4.77. The van der Waals surface area contributed by atoms with Crippen LogP contribution >= 0.6 is 11.3 Å². The Bertz CT molecular complexity index is 809. The van der Waals surface area contributed by atoms with E-state index in [1.165, 1.54) is 20.5 Å². The summed E-state index contributed by atoms with van der Waals surface area (Å²) in [7, 11) is 2.22. The minimum Gasteiger partial charge on any atom is -0.375 e. The Balaban J connectivity index is 1.47. The van der Waals surface area contributed by atoms with Crippen LogP contribution in [-0.2, 0) is 11.3 Å². The molecule has 2 unspecified atom stereocenters. The maximum atomic E-state index is 6.17.